The number of hydrogen-bond donors (Lipinski definition) is 2. The molecule has 0 atom stereocenters. The van der Waals surface area contributed by atoms with Gasteiger partial charge < -0.3 is 10.1 Å². The SMILES string of the molecule is COc1ccc(CNC(=O)c2ccc(NS(=O)(=O)c3cc(Cl)ccc3Cl)cc2)cc1F. The first-order chi connectivity index (χ1) is 14.7. The van der Waals surface area contributed by atoms with Crippen LogP contribution in [-0.4, -0.2) is 21.4 Å². The van der Waals surface area contributed by atoms with E-state index in [0.717, 1.165) is 0 Å². The maximum absolute atomic E-state index is 13.7. The van der Waals surface area contributed by atoms with E-state index in [-0.39, 0.29) is 32.9 Å². The first-order valence-corrected chi connectivity index (χ1v) is 11.1. The number of carbonyl (C=O) groups is 1. The molecule has 3 aromatic carbocycles. The normalized spacial score (nSPS) is 11.1. The van der Waals surface area contributed by atoms with Gasteiger partial charge in [-0.3, -0.25) is 9.52 Å². The minimum Gasteiger partial charge on any atom is -0.494 e. The summed E-state index contributed by atoms with van der Waals surface area (Å²) in [6.45, 7) is 0.112. The number of anilines is 1. The third kappa shape index (κ3) is 5.66. The van der Waals surface area contributed by atoms with Crippen molar-refractivity contribution < 1.29 is 22.3 Å². The average Bonchev–Trinajstić information content (AvgIpc) is 2.74. The maximum Gasteiger partial charge on any atom is 0.263 e. The summed E-state index contributed by atoms with van der Waals surface area (Å²) in [5, 5.41) is 2.93. The number of rotatable bonds is 7. The van der Waals surface area contributed by atoms with Gasteiger partial charge in [0.05, 0.1) is 12.1 Å². The summed E-state index contributed by atoms with van der Waals surface area (Å²) in [6, 6.07) is 14.3. The Kier molecular flexibility index (Phi) is 7.04. The molecule has 6 nitrogen and oxygen atoms in total. The predicted octanol–water partition coefficient (Wildman–Crippen LogP) is 4.87. The topological polar surface area (TPSA) is 84.5 Å². The number of carbonyl (C=O) groups excluding carboxylic acids is 1. The summed E-state index contributed by atoms with van der Waals surface area (Å²) < 4.78 is 46.1. The van der Waals surface area contributed by atoms with Gasteiger partial charge in [-0.1, -0.05) is 29.3 Å². The molecular formula is C21H17Cl2FN2O4S. The molecule has 1 amide bonds. The highest BCUT2D eigenvalue weighted by Gasteiger charge is 2.19. The summed E-state index contributed by atoms with van der Waals surface area (Å²) in [4.78, 5) is 12.2. The van der Waals surface area contributed by atoms with E-state index in [2.05, 4.69) is 10.0 Å². The molecule has 162 valence electrons. The fourth-order valence-corrected chi connectivity index (χ4v) is 4.51. The molecule has 0 saturated heterocycles. The summed E-state index contributed by atoms with van der Waals surface area (Å²) in [7, 11) is -2.60. The zero-order valence-corrected chi connectivity index (χ0v) is 18.5. The first kappa shape index (κ1) is 22.9. The van der Waals surface area contributed by atoms with Gasteiger partial charge >= 0.3 is 0 Å². The molecule has 10 heteroatoms. The van der Waals surface area contributed by atoms with Gasteiger partial charge in [0.2, 0.25) is 0 Å². The summed E-state index contributed by atoms with van der Waals surface area (Å²) in [5.41, 5.74) is 1.11. The second-order valence-electron chi connectivity index (χ2n) is 6.41. The second-order valence-corrected chi connectivity index (χ2v) is 8.90. The van der Waals surface area contributed by atoms with Gasteiger partial charge in [-0.05, 0) is 60.2 Å². The monoisotopic (exact) mass is 482 g/mol. The van der Waals surface area contributed by atoms with E-state index in [9.17, 15) is 17.6 Å². The molecule has 0 aliphatic heterocycles. The fourth-order valence-electron chi connectivity index (χ4n) is 2.69. The van der Waals surface area contributed by atoms with E-state index in [1.165, 1.54) is 61.7 Å². The van der Waals surface area contributed by atoms with Crippen molar-refractivity contribution in [3.8, 4) is 5.75 Å². The Bertz CT molecular complexity index is 1220. The molecule has 0 unspecified atom stereocenters. The lowest BCUT2D eigenvalue weighted by Crippen LogP contribution is -2.22. The smallest absolute Gasteiger partial charge is 0.263 e. The van der Waals surface area contributed by atoms with E-state index in [1.54, 1.807) is 6.07 Å². The molecule has 0 aromatic heterocycles. The lowest BCUT2D eigenvalue weighted by atomic mass is 10.1. The molecular weight excluding hydrogens is 466 g/mol. The highest BCUT2D eigenvalue weighted by atomic mass is 35.5. The van der Waals surface area contributed by atoms with Crippen LogP contribution >= 0.6 is 23.2 Å². The van der Waals surface area contributed by atoms with Gasteiger partial charge in [-0.25, -0.2) is 12.8 Å². The van der Waals surface area contributed by atoms with Crippen molar-refractivity contribution in [1.82, 2.24) is 5.32 Å². The van der Waals surface area contributed by atoms with Crippen LogP contribution in [-0.2, 0) is 16.6 Å². The van der Waals surface area contributed by atoms with Crippen LogP contribution in [0.15, 0.2) is 65.6 Å². The lowest BCUT2D eigenvalue weighted by Gasteiger charge is -2.11. The van der Waals surface area contributed by atoms with Gasteiger partial charge in [0.15, 0.2) is 11.6 Å². The molecule has 0 bridgehead atoms. The summed E-state index contributed by atoms with van der Waals surface area (Å²) in [5.74, 6) is -0.804. The number of nitrogens with one attached hydrogen (secondary N) is 2. The molecule has 31 heavy (non-hydrogen) atoms. The third-order valence-corrected chi connectivity index (χ3v) is 6.35. The van der Waals surface area contributed by atoms with Crippen molar-refractivity contribution in [3.05, 3.63) is 87.7 Å². The second kappa shape index (κ2) is 9.55. The lowest BCUT2D eigenvalue weighted by molar-refractivity contribution is 0.0951. The van der Waals surface area contributed by atoms with Crippen LogP contribution in [0.1, 0.15) is 15.9 Å². The number of ether oxygens (including phenoxy) is 1. The van der Waals surface area contributed by atoms with Crippen molar-refractivity contribution in [2.45, 2.75) is 11.4 Å². The van der Waals surface area contributed by atoms with Crippen molar-refractivity contribution >= 4 is 44.8 Å². The molecule has 3 aromatic rings. The summed E-state index contributed by atoms with van der Waals surface area (Å²) in [6.07, 6.45) is 0. The van der Waals surface area contributed by atoms with Crippen LogP contribution in [0.2, 0.25) is 10.0 Å². The summed E-state index contributed by atoms with van der Waals surface area (Å²) >= 11 is 11.8. The van der Waals surface area contributed by atoms with E-state index in [1.807, 2.05) is 0 Å². The van der Waals surface area contributed by atoms with Crippen LogP contribution in [0.5, 0.6) is 5.75 Å². The van der Waals surface area contributed by atoms with Crippen LogP contribution < -0.4 is 14.8 Å². The predicted molar refractivity (Wildman–Crippen MR) is 118 cm³/mol. The van der Waals surface area contributed by atoms with Crippen molar-refractivity contribution in [3.63, 3.8) is 0 Å². The van der Waals surface area contributed by atoms with Gasteiger partial charge in [0.25, 0.3) is 15.9 Å². The first-order valence-electron chi connectivity index (χ1n) is 8.88. The minimum atomic E-state index is -3.97. The van der Waals surface area contributed by atoms with Gasteiger partial charge in [0.1, 0.15) is 4.90 Å². The van der Waals surface area contributed by atoms with E-state index in [0.29, 0.717) is 11.1 Å². The number of amides is 1. The molecule has 0 heterocycles. The van der Waals surface area contributed by atoms with Gasteiger partial charge in [0, 0.05) is 22.8 Å². The van der Waals surface area contributed by atoms with Gasteiger partial charge in [-0.15, -0.1) is 0 Å². The maximum atomic E-state index is 13.7. The fraction of sp³-hybridized carbons (Fsp3) is 0.0952. The minimum absolute atomic E-state index is 0.0304. The third-order valence-electron chi connectivity index (χ3n) is 4.25. The van der Waals surface area contributed by atoms with E-state index < -0.39 is 21.7 Å². The molecule has 0 aliphatic rings. The van der Waals surface area contributed by atoms with Crippen LogP contribution in [0.3, 0.4) is 0 Å². The van der Waals surface area contributed by atoms with Crippen molar-refractivity contribution in [1.29, 1.82) is 0 Å². The molecule has 0 saturated carbocycles. The largest absolute Gasteiger partial charge is 0.494 e. The van der Waals surface area contributed by atoms with Crippen molar-refractivity contribution in [2.24, 2.45) is 0 Å². The Morgan fingerprint density at radius 2 is 1.74 bits per heavy atom. The van der Waals surface area contributed by atoms with Crippen LogP contribution in [0.4, 0.5) is 10.1 Å². The quantitative estimate of drug-likeness (QED) is 0.502. The molecule has 0 aliphatic carbocycles. The van der Waals surface area contributed by atoms with Crippen LogP contribution in [0.25, 0.3) is 0 Å². The average molecular weight is 483 g/mol. The molecule has 3 rings (SSSR count). The highest BCUT2D eigenvalue weighted by molar-refractivity contribution is 7.92. The highest BCUT2D eigenvalue weighted by Crippen LogP contribution is 2.27. The number of methoxy groups -OCH3 is 1. The Labute approximate surface area is 189 Å². The van der Waals surface area contributed by atoms with Gasteiger partial charge in [-0.2, -0.15) is 0 Å². The molecule has 0 radical (unpaired) electrons. The van der Waals surface area contributed by atoms with Crippen LogP contribution in [0, 0.1) is 5.82 Å². The number of halogens is 3. The zero-order chi connectivity index (χ0) is 22.6. The zero-order valence-electron chi connectivity index (χ0n) is 16.2. The van der Waals surface area contributed by atoms with Crippen molar-refractivity contribution in [2.75, 3.05) is 11.8 Å². The number of sulfonamides is 1. The number of hydrogen-bond acceptors (Lipinski definition) is 4. The Balaban J connectivity index is 1.66. The molecule has 0 fully saturated rings. The Morgan fingerprint density at radius 1 is 1.03 bits per heavy atom. The molecule has 2 N–H and O–H groups in total. The molecule has 0 spiro atoms. The Morgan fingerprint density at radius 3 is 2.39 bits per heavy atom. The van der Waals surface area contributed by atoms with E-state index >= 15 is 0 Å². The standard InChI is InChI=1S/C21H17Cl2FN2O4S/c1-30-19-9-2-13(10-18(19)24)12-25-21(27)14-3-6-16(7-4-14)26-31(28,29)20-11-15(22)5-8-17(20)23/h2-11,26H,12H2,1H3,(H,25,27). The number of benzene rings is 3. The Hall–Kier alpha value is -2.81. The van der Waals surface area contributed by atoms with E-state index in [4.69, 9.17) is 27.9 Å².